The number of nitrogens with one attached hydrogen (secondary N) is 2. The topological polar surface area (TPSA) is 71.6 Å². The van der Waals surface area contributed by atoms with Crippen LogP contribution in [-0.4, -0.2) is 71.2 Å². The SMILES string of the molecule is O=C(c1cc2cc(F)c(F)cc2[nH]1)N1CCC([C@H](O)CN2CCC3(CC2)CNc2cc(Cl)ccc23)CC1. The highest BCUT2D eigenvalue weighted by Gasteiger charge is 2.42. The number of amides is 1. The molecular formula is C28H31ClF2N4O2. The van der Waals surface area contributed by atoms with Crippen LogP contribution in [0.1, 0.15) is 41.7 Å². The number of likely N-dealkylation sites (tertiary alicyclic amines) is 2. The van der Waals surface area contributed by atoms with Crippen molar-refractivity contribution in [2.45, 2.75) is 37.2 Å². The number of aromatic amines is 1. The molecule has 196 valence electrons. The van der Waals surface area contributed by atoms with E-state index in [9.17, 15) is 18.7 Å². The summed E-state index contributed by atoms with van der Waals surface area (Å²) in [7, 11) is 0. The van der Waals surface area contributed by atoms with Crippen molar-refractivity contribution >= 4 is 34.1 Å². The molecule has 9 heteroatoms. The molecule has 4 heterocycles. The first-order valence-electron chi connectivity index (χ1n) is 13.0. The van der Waals surface area contributed by atoms with E-state index in [1.54, 1.807) is 11.0 Å². The number of benzene rings is 2. The van der Waals surface area contributed by atoms with Gasteiger partial charge >= 0.3 is 0 Å². The van der Waals surface area contributed by atoms with Crippen LogP contribution >= 0.6 is 11.6 Å². The summed E-state index contributed by atoms with van der Waals surface area (Å²) in [5.41, 5.74) is 3.38. The van der Waals surface area contributed by atoms with Gasteiger partial charge in [0.15, 0.2) is 11.6 Å². The molecular weight excluding hydrogens is 498 g/mol. The largest absolute Gasteiger partial charge is 0.392 e. The van der Waals surface area contributed by atoms with E-state index in [1.807, 2.05) is 12.1 Å². The molecule has 3 aliphatic rings. The van der Waals surface area contributed by atoms with Gasteiger partial charge in [0.25, 0.3) is 5.91 Å². The lowest BCUT2D eigenvalue weighted by Gasteiger charge is -2.41. The lowest BCUT2D eigenvalue weighted by Crippen LogP contribution is -2.48. The number of β-amino-alcohol motifs (C(OH)–C–C–N with tert-alkyl or cyclic N) is 1. The van der Waals surface area contributed by atoms with Gasteiger partial charge < -0.3 is 25.2 Å². The average molecular weight is 529 g/mol. The van der Waals surface area contributed by atoms with Gasteiger partial charge in [0, 0.05) is 59.3 Å². The van der Waals surface area contributed by atoms with Crippen LogP contribution in [0.4, 0.5) is 14.5 Å². The molecule has 2 saturated heterocycles. The Bertz CT molecular complexity index is 1290. The minimum absolute atomic E-state index is 0.141. The molecule has 1 amide bonds. The number of aromatic nitrogens is 1. The molecule has 2 aromatic carbocycles. The molecule has 3 N–H and O–H groups in total. The first kappa shape index (κ1) is 24.6. The number of aliphatic hydroxyl groups excluding tert-OH is 1. The predicted octanol–water partition coefficient (Wildman–Crippen LogP) is 4.77. The van der Waals surface area contributed by atoms with Crippen LogP contribution < -0.4 is 5.32 Å². The van der Waals surface area contributed by atoms with Crippen LogP contribution in [0.15, 0.2) is 36.4 Å². The number of rotatable bonds is 4. The average Bonchev–Trinajstić information content (AvgIpc) is 3.46. The second-order valence-corrected chi connectivity index (χ2v) is 11.3. The number of nitrogens with zero attached hydrogens (tertiary/aromatic N) is 2. The van der Waals surface area contributed by atoms with Gasteiger partial charge in [-0.3, -0.25) is 4.79 Å². The molecule has 3 aromatic rings. The van der Waals surface area contributed by atoms with Crippen molar-refractivity contribution in [2.75, 3.05) is 44.6 Å². The third-order valence-electron chi connectivity index (χ3n) is 8.69. The molecule has 1 spiro atoms. The number of fused-ring (bicyclic) bond motifs is 3. The normalized spacial score (nSPS) is 20.8. The van der Waals surface area contributed by atoms with Crippen molar-refractivity contribution in [3.05, 3.63) is 64.3 Å². The standard InChI is InChI=1S/C28H31ClF2N4O2/c29-19-1-2-20-24(13-19)32-16-28(20)5-9-34(10-6-28)15-26(36)17-3-7-35(8-4-17)27(37)25-12-18-11-21(30)22(31)14-23(18)33-25/h1-2,11-14,17,26,32-33,36H,3-10,15-16H2/t26-/m1/s1. The highest BCUT2D eigenvalue weighted by Crippen LogP contribution is 2.44. The molecule has 0 saturated carbocycles. The number of hydrogen-bond donors (Lipinski definition) is 3. The Hall–Kier alpha value is -2.68. The zero-order valence-electron chi connectivity index (χ0n) is 20.6. The molecule has 1 aromatic heterocycles. The Morgan fingerprint density at radius 1 is 1.08 bits per heavy atom. The molecule has 6 nitrogen and oxygen atoms in total. The monoisotopic (exact) mass is 528 g/mol. The first-order valence-corrected chi connectivity index (χ1v) is 13.4. The van der Waals surface area contributed by atoms with Gasteiger partial charge in [0.2, 0.25) is 0 Å². The molecule has 0 unspecified atom stereocenters. The number of halogens is 3. The molecule has 0 radical (unpaired) electrons. The Morgan fingerprint density at radius 2 is 1.81 bits per heavy atom. The predicted molar refractivity (Wildman–Crippen MR) is 140 cm³/mol. The van der Waals surface area contributed by atoms with Crippen LogP contribution in [0.5, 0.6) is 0 Å². The van der Waals surface area contributed by atoms with Gasteiger partial charge in [-0.05, 0) is 74.5 Å². The van der Waals surface area contributed by atoms with Crippen molar-refractivity contribution in [3.8, 4) is 0 Å². The summed E-state index contributed by atoms with van der Waals surface area (Å²) in [5.74, 6) is -1.92. The summed E-state index contributed by atoms with van der Waals surface area (Å²) in [5, 5.41) is 15.8. The maximum atomic E-state index is 13.5. The minimum Gasteiger partial charge on any atom is -0.392 e. The number of carbonyl (C=O) groups excluding carboxylic acids is 1. The Morgan fingerprint density at radius 3 is 2.57 bits per heavy atom. The molecule has 37 heavy (non-hydrogen) atoms. The number of carbonyl (C=O) groups is 1. The van der Waals surface area contributed by atoms with E-state index in [1.165, 1.54) is 5.56 Å². The van der Waals surface area contributed by atoms with E-state index < -0.39 is 17.7 Å². The lowest BCUT2D eigenvalue weighted by molar-refractivity contribution is 0.0203. The van der Waals surface area contributed by atoms with E-state index in [4.69, 9.17) is 11.6 Å². The Balaban J connectivity index is 1.01. The Labute approximate surface area is 219 Å². The van der Waals surface area contributed by atoms with Gasteiger partial charge in [-0.15, -0.1) is 0 Å². The second-order valence-electron chi connectivity index (χ2n) is 10.9. The van der Waals surface area contributed by atoms with Crippen molar-refractivity contribution < 1.29 is 18.7 Å². The van der Waals surface area contributed by atoms with Crippen molar-refractivity contribution in [1.29, 1.82) is 0 Å². The van der Waals surface area contributed by atoms with Gasteiger partial charge in [-0.2, -0.15) is 0 Å². The summed E-state index contributed by atoms with van der Waals surface area (Å²) >= 11 is 6.17. The summed E-state index contributed by atoms with van der Waals surface area (Å²) in [4.78, 5) is 20.0. The smallest absolute Gasteiger partial charge is 0.270 e. The summed E-state index contributed by atoms with van der Waals surface area (Å²) in [6, 6.07) is 9.88. The van der Waals surface area contributed by atoms with E-state index in [2.05, 4.69) is 21.3 Å². The summed E-state index contributed by atoms with van der Waals surface area (Å²) < 4.78 is 27.1. The van der Waals surface area contributed by atoms with Crippen LogP contribution in [0.3, 0.4) is 0 Å². The van der Waals surface area contributed by atoms with Gasteiger partial charge in [0.05, 0.1) is 6.10 Å². The number of hydrogen-bond acceptors (Lipinski definition) is 4. The highest BCUT2D eigenvalue weighted by atomic mass is 35.5. The van der Waals surface area contributed by atoms with Crippen LogP contribution in [0.2, 0.25) is 5.02 Å². The number of piperidine rings is 2. The van der Waals surface area contributed by atoms with E-state index in [0.29, 0.717) is 36.2 Å². The van der Waals surface area contributed by atoms with E-state index in [-0.39, 0.29) is 17.2 Å². The van der Waals surface area contributed by atoms with E-state index in [0.717, 1.165) is 68.2 Å². The van der Waals surface area contributed by atoms with E-state index >= 15 is 0 Å². The number of H-pyrrole nitrogens is 1. The second kappa shape index (κ2) is 9.57. The molecule has 0 aliphatic carbocycles. The lowest BCUT2D eigenvalue weighted by atomic mass is 9.74. The highest BCUT2D eigenvalue weighted by molar-refractivity contribution is 6.30. The quantitative estimate of drug-likeness (QED) is 0.456. The third kappa shape index (κ3) is 4.60. The van der Waals surface area contributed by atoms with Gasteiger partial charge in [0.1, 0.15) is 5.69 Å². The summed E-state index contributed by atoms with van der Waals surface area (Å²) in [6.07, 6.45) is 3.12. The minimum atomic E-state index is -0.943. The fraction of sp³-hybridized carbons (Fsp3) is 0.464. The Kier molecular flexibility index (Phi) is 6.37. The zero-order chi connectivity index (χ0) is 25.7. The molecule has 6 rings (SSSR count). The maximum absolute atomic E-state index is 13.5. The molecule has 1 atom stereocenters. The van der Waals surface area contributed by atoms with Gasteiger partial charge in [-0.25, -0.2) is 8.78 Å². The van der Waals surface area contributed by atoms with Crippen molar-refractivity contribution in [3.63, 3.8) is 0 Å². The van der Waals surface area contributed by atoms with Crippen LogP contribution in [0, 0.1) is 17.6 Å². The molecule has 3 aliphatic heterocycles. The van der Waals surface area contributed by atoms with Crippen LogP contribution in [0.25, 0.3) is 10.9 Å². The van der Waals surface area contributed by atoms with Crippen molar-refractivity contribution in [2.24, 2.45) is 5.92 Å². The van der Waals surface area contributed by atoms with Crippen molar-refractivity contribution in [1.82, 2.24) is 14.8 Å². The first-order chi connectivity index (χ1) is 17.8. The number of anilines is 1. The fourth-order valence-electron chi connectivity index (χ4n) is 6.41. The van der Waals surface area contributed by atoms with Gasteiger partial charge in [-0.1, -0.05) is 17.7 Å². The molecule has 2 fully saturated rings. The zero-order valence-corrected chi connectivity index (χ0v) is 21.3. The summed E-state index contributed by atoms with van der Waals surface area (Å²) in [6.45, 7) is 4.57. The number of aliphatic hydroxyl groups is 1. The fourth-order valence-corrected chi connectivity index (χ4v) is 6.58. The molecule has 0 bridgehead atoms. The van der Waals surface area contributed by atoms with Crippen LogP contribution in [-0.2, 0) is 5.41 Å². The third-order valence-corrected chi connectivity index (χ3v) is 8.93. The maximum Gasteiger partial charge on any atom is 0.270 e.